The summed E-state index contributed by atoms with van der Waals surface area (Å²) in [6.07, 6.45) is 2.60. The van der Waals surface area contributed by atoms with Crippen LogP contribution in [-0.2, 0) is 4.79 Å². The number of nitriles is 1. The molecule has 1 aliphatic rings. The number of anilines is 1. The maximum atomic E-state index is 13.5. The highest BCUT2D eigenvalue weighted by Crippen LogP contribution is 2.32. The van der Waals surface area contributed by atoms with Crippen molar-refractivity contribution in [3.8, 4) is 6.07 Å². The van der Waals surface area contributed by atoms with Crippen molar-refractivity contribution in [3.63, 3.8) is 0 Å². The summed E-state index contributed by atoms with van der Waals surface area (Å²) in [4.78, 5) is 11.5. The molecule has 16 heavy (non-hydrogen) atoms. The second-order valence-corrected chi connectivity index (χ2v) is 3.97. The molecule has 1 aliphatic carbocycles. The van der Waals surface area contributed by atoms with Gasteiger partial charge in [-0.25, -0.2) is 4.39 Å². The van der Waals surface area contributed by atoms with Crippen LogP contribution in [0.15, 0.2) is 18.2 Å². The summed E-state index contributed by atoms with van der Waals surface area (Å²) in [6.45, 7) is 0. The first-order valence-corrected chi connectivity index (χ1v) is 5.19. The maximum Gasteiger partial charge on any atom is 0.224 e. The summed E-state index contributed by atoms with van der Waals surface area (Å²) >= 11 is 0. The van der Waals surface area contributed by atoms with Crippen LogP contribution in [0, 0.1) is 23.1 Å². The maximum absolute atomic E-state index is 13.5. The van der Waals surface area contributed by atoms with E-state index >= 15 is 0 Å². The van der Waals surface area contributed by atoms with E-state index in [1.54, 1.807) is 12.1 Å². The Kier molecular flexibility index (Phi) is 2.86. The van der Waals surface area contributed by atoms with Gasteiger partial charge < -0.3 is 5.32 Å². The van der Waals surface area contributed by atoms with Gasteiger partial charge in [-0.05, 0) is 30.9 Å². The Bertz CT molecular complexity index is 461. The molecule has 0 aliphatic heterocycles. The van der Waals surface area contributed by atoms with Gasteiger partial charge in [-0.2, -0.15) is 5.26 Å². The van der Waals surface area contributed by atoms with Crippen LogP contribution in [-0.4, -0.2) is 5.91 Å². The normalized spacial score (nSPS) is 14.2. The van der Waals surface area contributed by atoms with Gasteiger partial charge in [0.1, 0.15) is 6.07 Å². The van der Waals surface area contributed by atoms with E-state index in [9.17, 15) is 9.18 Å². The monoisotopic (exact) mass is 218 g/mol. The Morgan fingerprint density at radius 1 is 1.56 bits per heavy atom. The summed E-state index contributed by atoms with van der Waals surface area (Å²) in [5.74, 6) is -0.382. The van der Waals surface area contributed by atoms with E-state index in [-0.39, 0.29) is 17.2 Å². The van der Waals surface area contributed by atoms with Crippen molar-refractivity contribution >= 4 is 11.6 Å². The second-order valence-electron chi connectivity index (χ2n) is 3.97. The number of carbonyl (C=O) groups excluding carboxylic acids is 1. The molecule has 3 nitrogen and oxygen atoms in total. The number of hydrogen-bond acceptors (Lipinski definition) is 2. The molecule has 0 saturated heterocycles. The third-order valence-electron chi connectivity index (χ3n) is 2.56. The SMILES string of the molecule is N#Cc1cccc(NC(=O)CC2CC2)c1F. The molecule has 0 spiro atoms. The zero-order chi connectivity index (χ0) is 11.5. The molecule has 82 valence electrons. The molecule has 4 heteroatoms. The van der Waals surface area contributed by atoms with E-state index in [1.807, 2.05) is 0 Å². The molecule has 0 bridgehead atoms. The first-order chi connectivity index (χ1) is 7.70. The van der Waals surface area contributed by atoms with Crippen LogP contribution in [0.25, 0.3) is 0 Å². The van der Waals surface area contributed by atoms with Gasteiger partial charge in [0.25, 0.3) is 0 Å². The van der Waals surface area contributed by atoms with Crippen molar-refractivity contribution in [1.29, 1.82) is 5.26 Å². The smallest absolute Gasteiger partial charge is 0.224 e. The Hall–Kier alpha value is -1.89. The van der Waals surface area contributed by atoms with E-state index in [0.29, 0.717) is 12.3 Å². The zero-order valence-corrected chi connectivity index (χ0v) is 8.66. The molecule has 2 rings (SSSR count). The fourth-order valence-electron chi connectivity index (χ4n) is 1.50. The standard InChI is InChI=1S/C12H11FN2O/c13-12-9(7-14)2-1-3-10(12)15-11(16)6-8-4-5-8/h1-3,8H,4-6H2,(H,15,16). The number of benzene rings is 1. The molecule has 0 radical (unpaired) electrons. The average Bonchev–Trinajstić information content (AvgIpc) is 3.05. The van der Waals surface area contributed by atoms with Crippen LogP contribution in [0.4, 0.5) is 10.1 Å². The highest BCUT2D eigenvalue weighted by atomic mass is 19.1. The van der Waals surface area contributed by atoms with Crippen molar-refractivity contribution in [2.45, 2.75) is 19.3 Å². The Labute approximate surface area is 92.9 Å². The molecular weight excluding hydrogens is 207 g/mol. The Morgan fingerprint density at radius 3 is 2.94 bits per heavy atom. The summed E-state index contributed by atoms with van der Waals surface area (Å²) < 4.78 is 13.5. The fraction of sp³-hybridized carbons (Fsp3) is 0.333. The number of halogens is 1. The van der Waals surface area contributed by atoms with Crippen LogP contribution in [0.2, 0.25) is 0 Å². The van der Waals surface area contributed by atoms with Gasteiger partial charge in [-0.3, -0.25) is 4.79 Å². The molecule has 0 atom stereocenters. The molecule has 0 heterocycles. The molecule has 1 saturated carbocycles. The second kappa shape index (κ2) is 4.31. The number of nitrogens with zero attached hydrogens (tertiary/aromatic N) is 1. The van der Waals surface area contributed by atoms with E-state index < -0.39 is 5.82 Å². The van der Waals surface area contributed by atoms with Crippen LogP contribution in [0.3, 0.4) is 0 Å². The quantitative estimate of drug-likeness (QED) is 0.847. The molecule has 1 aromatic rings. The predicted molar refractivity (Wildman–Crippen MR) is 57.1 cm³/mol. The zero-order valence-electron chi connectivity index (χ0n) is 8.66. The Morgan fingerprint density at radius 2 is 2.31 bits per heavy atom. The predicted octanol–water partition coefficient (Wildman–Crippen LogP) is 2.44. The summed E-state index contributed by atoms with van der Waals surface area (Å²) in [6, 6.07) is 6.13. The Balaban J connectivity index is 2.08. The minimum atomic E-state index is -0.658. The number of hydrogen-bond donors (Lipinski definition) is 1. The van der Waals surface area contributed by atoms with Gasteiger partial charge in [0, 0.05) is 6.42 Å². The van der Waals surface area contributed by atoms with E-state index in [0.717, 1.165) is 12.8 Å². The molecular formula is C12H11FN2O. The van der Waals surface area contributed by atoms with Gasteiger partial charge >= 0.3 is 0 Å². The molecule has 1 aromatic carbocycles. The van der Waals surface area contributed by atoms with E-state index in [1.165, 1.54) is 12.1 Å². The summed E-state index contributed by atoms with van der Waals surface area (Å²) in [7, 11) is 0. The summed E-state index contributed by atoms with van der Waals surface area (Å²) in [5.41, 5.74) is 0.0360. The minimum absolute atomic E-state index is 0.0516. The summed E-state index contributed by atoms with van der Waals surface area (Å²) in [5, 5.41) is 11.1. The van der Waals surface area contributed by atoms with Crippen LogP contribution < -0.4 is 5.32 Å². The van der Waals surface area contributed by atoms with Crippen molar-refractivity contribution in [1.82, 2.24) is 0 Å². The lowest BCUT2D eigenvalue weighted by Gasteiger charge is -2.06. The van der Waals surface area contributed by atoms with Gasteiger partial charge in [0.15, 0.2) is 5.82 Å². The molecule has 0 unspecified atom stereocenters. The lowest BCUT2D eigenvalue weighted by Crippen LogP contribution is -2.13. The van der Waals surface area contributed by atoms with Crippen molar-refractivity contribution in [2.24, 2.45) is 5.92 Å². The average molecular weight is 218 g/mol. The highest BCUT2D eigenvalue weighted by Gasteiger charge is 2.24. The number of amides is 1. The lowest BCUT2D eigenvalue weighted by atomic mass is 10.2. The third-order valence-corrected chi connectivity index (χ3v) is 2.56. The van der Waals surface area contributed by atoms with Crippen molar-refractivity contribution < 1.29 is 9.18 Å². The molecule has 1 fully saturated rings. The topological polar surface area (TPSA) is 52.9 Å². The largest absolute Gasteiger partial charge is 0.324 e. The fourth-order valence-corrected chi connectivity index (χ4v) is 1.50. The van der Waals surface area contributed by atoms with Crippen molar-refractivity contribution in [3.05, 3.63) is 29.6 Å². The van der Waals surface area contributed by atoms with Gasteiger partial charge in [-0.1, -0.05) is 6.07 Å². The highest BCUT2D eigenvalue weighted by molar-refractivity contribution is 5.91. The van der Waals surface area contributed by atoms with Gasteiger partial charge in [-0.15, -0.1) is 0 Å². The molecule has 1 N–H and O–H groups in total. The van der Waals surface area contributed by atoms with E-state index in [4.69, 9.17) is 5.26 Å². The number of carbonyl (C=O) groups is 1. The lowest BCUT2D eigenvalue weighted by molar-refractivity contribution is -0.116. The van der Waals surface area contributed by atoms with Crippen LogP contribution in [0.5, 0.6) is 0 Å². The minimum Gasteiger partial charge on any atom is -0.324 e. The van der Waals surface area contributed by atoms with Gasteiger partial charge in [0.2, 0.25) is 5.91 Å². The number of nitrogens with one attached hydrogen (secondary N) is 1. The van der Waals surface area contributed by atoms with Crippen molar-refractivity contribution in [2.75, 3.05) is 5.32 Å². The third kappa shape index (κ3) is 2.37. The van der Waals surface area contributed by atoms with Crippen LogP contribution in [0.1, 0.15) is 24.8 Å². The van der Waals surface area contributed by atoms with Crippen LogP contribution >= 0.6 is 0 Å². The number of rotatable bonds is 3. The molecule has 1 amide bonds. The van der Waals surface area contributed by atoms with E-state index in [2.05, 4.69) is 5.32 Å². The van der Waals surface area contributed by atoms with Gasteiger partial charge in [0.05, 0.1) is 11.3 Å². The molecule has 0 aromatic heterocycles. The first kappa shape index (κ1) is 10.6. The first-order valence-electron chi connectivity index (χ1n) is 5.19.